The van der Waals surface area contributed by atoms with Crippen molar-refractivity contribution in [1.82, 2.24) is 0 Å². The quantitative estimate of drug-likeness (QED) is 0.257. The average Bonchev–Trinajstić information content (AvgIpc) is 2.29. The fraction of sp³-hybridized carbons (Fsp3) is 0.750. The van der Waals surface area contributed by atoms with Crippen LogP contribution in [0.15, 0.2) is 14.4 Å². The standard InChI is InChI=1S/C12H22ClN3O2S/c1-7-14-10(11(18-6)16-9(2)13)8-15-19(17)12(3,4)5/h8-9H,7H2,1-6H3/b14-10-,15-8+,16-11+/t9?,19-/m1/s1. The van der Waals surface area contributed by atoms with Crippen LogP contribution in [-0.4, -0.2) is 46.3 Å². The number of halogens is 1. The normalized spacial score (nSPS) is 17.7. The number of rotatable bonds is 5. The molecular weight excluding hydrogens is 286 g/mol. The van der Waals surface area contributed by atoms with Gasteiger partial charge in [0.05, 0.1) is 7.11 Å². The zero-order chi connectivity index (χ0) is 15.1. The van der Waals surface area contributed by atoms with Crippen molar-refractivity contribution in [1.29, 1.82) is 0 Å². The second kappa shape index (κ2) is 8.55. The summed E-state index contributed by atoms with van der Waals surface area (Å²) in [6.07, 6.45) is 1.42. The third-order valence-electron chi connectivity index (χ3n) is 1.83. The molecule has 0 amide bonds. The molecule has 110 valence electrons. The van der Waals surface area contributed by atoms with Crippen LogP contribution in [0.4, 0.5) is 0 Å². The van der Waals surface area contributed by atoms with Gasteiger partial charge in [0.1, 0.15) is 33.5 Å². The lowest BCUT2D eigenvalue weighted by atomic mass is 10.3. The molecule has 0 rings (SSSR count). The van der Waals surface area contributed by atoms with Gasteiger partial charge in [-0.3, -0.25) is 4.99 Å². The van der Waals surface area contributed by atoms with E-state index in [1.54, 1.807) is 6.92 Å². The maximum absolute atomic E-state index is 11.9. The molecule has 0 heterocycles. The van der Waals surface area contributed by atoms with Crippen molar-refractivity contribution in [3.8, 4) is 0 Å². The number of hydrogen-bond acceptors (Lipinski definition) is 5. The van der Waals surface area contributed by atoms with E-state index in [0.29, 0.717) is 18.2 Å². The summed E-state index contributed by atoms with van der Waals surface area (Å²) in [5, 5.41) is 0. The topological polar surface area (TPSA) is 69.4 Å². The van der Waals surface area contributed by atoms with Crippen molar-refractivity contribution in [2.45, 2.75) is 44.9 Å². The van der Waals surface area contributed by atoms with Gasteiger partial charge in [-0.1, -0.05) is 16.0 Å². The fourth-order valence-corrected chi connectivity index (χ4v) is 1.58. The van der Waals surface area contributed by atoms with E-state index in [-0.39, 0.29) is 0 Å². The Labute approximate surface area is 123 Å². The molecule has 0 saturated carbocycles. The van der Waals surface area contributed by atoms with Crippen LogP contribution in [0.5, 0.6) is 0 Å². The molecule has 5 nitrogen and oxygen atoms in total. The summed E-state index contributed by atoms with van der Waals surface area (Å²) in [6.45, 7) is 9.69. The second-order valence-corrected chi connectivity index (χ2v) is 7.23. The number of aliphatic imine (C=N–C) groups is 2. The zero-order valence-corrected chi connectivity index (χ0v) is 13.9. The van der Waals surface area contributed by atoms with Crippen LogP contribution >= 0.6 is 11.6 Å². The molecule has 1 unspecified atom stereocenters. The van der Waals surface area contributed by atoms with Crippen molar-refractivity contribution >= 4 is 40.8 Å². The van der Waals surface area contributed by atoms with Gasteiger partial charge in [-0.15, -0.1) is 0 Å². The summed E-state index contributed by atoms with van der Waals surface area (Å²) in [4.78, 5) is 8.31. The molecule has 0 aliphatic heterocycles. The molecular formula is C12H22ClN3O2S. The Morgan fingerprint density at radius 3 is 2.42 bits per heavy atom. The molecule has 2 atom stereocenters. The third kappa shape index (κ3) is 7.54. The average molecular weight is 308 g/mol. The summed E-state index contributed by atoms with van der Waals surface area (Å²) in [7, 11) is 1.48. The molecule has 0 fully saturated rings. The Bertz CT molecular complexity index is 362. The molecule has 0 aliphatic rings. The van der Waals surface area contributed by atoms with Gasteiger partial charge >= 0.3 is 0 Å². The molecule has 0 aromatic carbocycles. The minimum atomic E-state index is -1.35. The van der Waals surface area contributed by atoms with Crippen LogP contribution in [0.2, 0.25) is 0 Å². The van der Waals surface area contributed by atoms with E-state index in [1.807, 2.05) is 27.7 Å². The smallest absolute Gasteiger partial charge is 0.237 e. The fourth-order valence-electron chi connectivity index (χ4n) is 0.975. The SMILES string of the molecule is CC/N=C(/C=N/[S@+]([O-])C(C)(C)C)C(=N/C(C)Cl)\OC. The molecule has 0 spiro atoms. The van der Waals surface area contributed by atoms with Gasteiger partial charge in [-0.2, -0.15) is 0 Å². The Hall–Kier alpha value is -0.590. The first-order chi connectivity index (χ1) is 8.72. The van der Waals surface area contributed by atoms with Crippen LogP contribution in [0, 0.1) is 0 Å². The van der Waals surface area contributed by atoms with Gasteiger partial charge in [-0.25, -0.2) is 4.99 Å². The molecule has 19 heavy (non-hydrogen) atoms. The van der Waals surface area contributed by atoms with Gasteiger partial charge in [0, 0.05) is 6.54 Å². The first-order valence-corrected chi connectivity index (χ1v) is 7.53. The Balaban J connectivity index is 5.15. The van der Waals surface area contributed by atoms with E-state index in [1.165, 1.54) is 13.3 Å². The predicted molar refractivity (Wildman–Crippen MR) is 84.1 cm³/mol. The molecule has 0 bridgehead atoms. The molecule has 0 aliphatic carbocycles. The lowest BCUT2D eigenvalue weighted by molar-refractivity contribution is 0.409. The first kappa shape index (κ1) is 18.4. The summed E-state index contributed by atoms with van der Waals surface area (Å²) in [5.41, 5.74) is 0.00798. The van der Waals surface area contributed by atoms with Gasteiger partial charge in [0.25, 0.3) is 0 Å². The van der Waals surface area contributed by atoms with Crippen molar-refractivity contribution in [3.05, 3.63) is 0 Å². The van der Waals surface area contributed by atoms with E-state index in [0.717, 1.165) is 0 Å². The predicted octanol–water partition coefficient (Wildman–Crippen LogP) is 2.61. The van der Waals surface area contributed by atoms with Crippen molar-refractivity contribution in [2.75, 3.05) is 13.7 Å². The van der Waals surface area contributed by atoms with Crippen molar-refractivity contribution < 1.29 is 9.29 Å². The summed E-state index contributed by atoms with van der Waals surface area (Å²) in [5.74, 6) is 0.291. The minimum absolute atomic E-state index is 0.291. The molecule has 0 aromatic rings. The van der Waals surface area contributed by atoms with Gasteiger partial charge < -0.3 is 9.29 Å². The van der Waals surface area contributed by atoms with E-state index < -0.39 is 21.6 Å². The Morgan fingerprint density at radius 1 is 1.47 bits per heavy atom. The van der Waals surface area contributed by atoms with Crippen LogP contribution in [0.25, 0.3) is 0 Å². The Morgan fingerprint density at radius 2 is 2.05 bits per heavy atom. The van der Waals surface area contributed by atoms with E-state index >= 15 is 0 Å². The van der Waals surface area contributed by atoms with Crippen molar-refractivity contribution in [3.63, 3.8) is 0 Å². The van der Waals surface area contributed by atoms with Crippen molar-refractivity contribution in [2.24, 2.45) is 14.4 Å². The summed E-state index contributed by atoms with van der Waals surface area (Å²) >= 11 is 4.46. The van der Waals surface area contributed by atoms with Crippen LogP contribution in [0.1, 0.15) is 34.6 Å². The van der Waals surface area contributed by atoms with E-state index in [4.69, 9.17) is 16.3 Å². The van der Waals surface area contributed by atoms with Crippen LogP contribution in [-0.2, 0) is 16.1 Å². The Kier molecular flexibility index (Phi) is 8.29. The van der Waals surface area contributed by atoms with Gasteiger partial charge in [-0.05, 0) is 34.6 Å². The number of nitrogens with zero attached hydrogens (tertiary/aromatic N) is 3. The zero-order valence-electron chi connectivity index (χ0n) is 12.3. The highest BCUT2D eigenvalue weighted by atomic mass is 35.5. The molecule has 0 N–H and O–H groups in total. The van der Waals surface area contributed by atoms with Crippen LogP contribution in [0.3, 0.4) is 0 Å². The monoisotopic (exact) mass is 307 g/mol. The van der Waals surface area contributed by atoms with Gasteiger partial charge in [0.15, 0.2) is 0 Å². The maximum Gasteiger partial charge on any atom is 0.237 e. The number of methoxy groups -OCH3 is 1. The molecule has 0 saturated heterocycles. The lowest BCUT2D eigenvalue weighted by Crippen LogP contribution is -2.27. The molecule has 0 aromatic heterocycles. The highest BCUT2D eigenvalue weighted by Crippen LogP contribution is 2.16. The van der Waals surface area contributed by atoms with E-state index in [9.17, 15) is 4.55 Å². The number of alkyl halides is 1. The number of ether oxygens (including phenoxy) is 1. The summed E-state index contributed by atoms with van der Waals surface area (Å²) < 4.78 is 20.6. The highest BCUT2D eigenvalue weighted by molar-refractivity contribution is 7.91. The van der Waals surface area contributed by atoms with E-state index in [2.05, 4.69) is 14.4 Å². The molecule has 7 heteroatoms. The second-order valence-electron chi connectivity index (χ2n) is 4.67. The highest BCUT2D eigenvalue weighted by Gasteiger charge is 2.26. The van der Waals surface area contributed by atoms with Crippen LogP contribution < -0.4 is 0 Å². The van der Waals surface area contributed by atoms with Gasteiger partial charge in [0.2, 0.25) is 5.90 Å². The number of hydrogen-bond donors (Lipinski definition) is 0. The first-order valence-electron chi connectivity index (χ1n) is 5.99. The molecule has 0 radical (unpaired) electrons. The largest absolute Gasteiger partial charge is 0.591 e. The minimum Gasteiger partial charge on any atom is -0.591 e. The maximum atomic E-state index is 11.9. The summed E-state index contributed by atoms with van der Waals surface area (Å²) in [6, 6.07) is 0. The lowest BCUT2D eigenvalue weighted by Gasteiger charge is -2.17. The third-order valence-corrected chi connectivity index (χ3v) is 3.27.